The van der Waals surface area contributed by atoms with Crippen molar-refractivity contribution in [1.82, 2.24) is 0 Å². The second-order valence-electron chi connectivity index (χ2n) is 9.61. The number of unbranched alkanes of at least 4 members (excludes halogenated alkanes) is 2. The van der Waals surface area contributed by atoms with E-state index in [0.29, 0.717) is 31.4 Å². The van der Waals surface area contributed by atoms with Crippen LogP contribution in [0.25, 0.3) is 0 Å². The van der Waals surface area contributed by atoms with Crippen LogP contribution in [0.2, 0.25) is 0 Å². The van der Waals surface area contributed by atoms with Gasteiger partial charge in [0, 0.05) is 5.92 Å². The molecule has 0 aromatic heterocycles. The molecule has 0 radical (unpaired) electrons. The number of carbonyl (C=O) groups is 3. The smallest absolute Gasteiger partial charge is 0.335 e. The summed E-state index contributed by atoms with van der Waals surface area (Å²) in [5.41, 5.74) is 1.10. The van der Waals surface area contributed by atoms with Crippen LogP contribution < -0.4 is 4.74 Å². The lowest BCUT2D eigenvalue weighted by Gasteiger charge is -2.32. The first kappa shape index (κ1) is 30.3. The number of aliphatic hydroxyl groups excluding tert-OH is 2. The summed E-state index contributed by atoms with van der Waals surface area (Å²) in [6, 6.07) is 7.67. The van der Waals surface area contributed by atoms with E-state index in [9.17, 15) is 14.4 Å². The Balaban J connectivity index is 1.90. The van der Waals surface area contributed by atoms with Crippen LogP contribution in [-0.4, -0.2) is 54.5 Å². The molecule has 0 saturated heterocycles. The molecule has 8 nitrogen and oxygen atoms in total. The van der Waals surface area contributed by atoms with Crippen molar-refractivity contribution in [3.8, 4) is 5.75 Å². The van der Waals surface area contributed by atoms with E-state index < -0.39 is 25.2 Å². The molecule has 0 atom stereocenters. The highest BCUT2D eigenvalue weighted by atomic mass is 16.5. The zero-order chi connectivity index (χ0) is 27.2. The molecular weight excluding hydrogens is 476 g/mol. The van der Waals surface area contributed by atoms with Gasteiger partial charge in [-0.15, -0.1) is 0 Å². The van der Waals surface area contributed by atoms with Crippen molar-refractivity contribution in [1.29, 1.82) is 0 Å². The van der Waals surface area contributed by atoms with E-state index in [0.717, 1.165) is 12.8 Å². The Kier molecular flexibility index (Phi) is 13.1. The van der Waals surface area contributed by atoms with Crippen LogP contribution >= 0.6 is 0 Å². The normalized spacial score (nSPS) is 17.2. The summed E-state index contributed by atoms with van der Waals surface area (Å²) < 4.78 is 16.2. The van der Waals surface area contributed by atoms with Crippen LogP contribution in [0.4, 0.5) is 0 Å². The van der Waals surface area contributed by atoms with Gasteiger partial charge in [0.05, 0.1) is 43.5 Å². The first-order chi connectivity index (χ1) is 17.8. The Hall–Kier alpha value is -2.97. The fourth-order valence-electron chi connectivity index (χ4n) is 4.35. The van der Waals surface area contributed by atoms with Crippen LogP contribution in [0.15, 0.2) is 48.6 Å². The van der Waals surface area contributed by atoms with E-state index in [4.69, 9.17) is 24.4 Å². The van der Waals surface area contributed by atoms with Gasteiger partial charge in [-0.1, -0.05) is 45.1 Å². The number of rotatable bonds is 15. The standard InChI is InChI=1S/C29H40O8/c1-4-5-6-7-22-8-14-26(15-9-22)37-29(34)24-12-10-23(11-13-24)25(18-35-27(32)20(2)16-30)19-36-28(33)21(3)17-31/h8-9,14-15,23-25,30-31H,2-7,10-13,16-19H2,1H3. The zero-order valence-corrected chi connectivity index (χ0v) is 21.8. The maximum absolute atomic E-state index is 12.8. The molecule has 1 fully saturated rings. The predicted octanol–water partition coefficient (Wildman–Crippen LogP) is 3.93. The Morgan fingerprint density at radius 3 is 1.92 bits per heavy atom. The number of carbonyl (C=O) groups excluding carboxylic acids is 3. The molecule has 2 rings (SSSR count). The van der Waals surface area contributed by atoms with Crippen molar-refractivity contribution >= 4 is 17.9 Å². The highest BCUT2D eigenvalue weighted by molar-refractivity contribution is 5.88. The lowest BCUT2D eigenvalue weighted by atomic mass is 9.76. The third-order valence-electron chi connectivity index (χ3n) is 6.80. The van der Waals surface area contributed by atoms with Crippen LogP contribution in [0.3, 0.4) is 0 Å². The van der Waals surface area contributed by atoms with Crippen LogP contribution in [0.1, 0.15) is 57.4 Å². The number of aliphatic hydroxyl groups is 2. The molecule has 0 unspecified atom stereocenters. The van der Waals surface area contributed by atoms with E-state index in [-0.39, 0.29) is 48.1 Å². The predicted molar refractivity (Wildman–Crippen MR) is 139 cm³/mol. The number of aryl methyl sites for hydroxylation is 1. The lowest BCUT2D eigenvalue weighted by Crippen LogP contribution is -2.33. The van der Waals surface area contributed by atoms with Crippen molar-refractivity contribution in [2.24, 2.45) is 17.8 Å². The molecule has 37 heavy (non-hydrogen) atoms. The van der Waals surface area contributed by atoms with E-state index >= 15 is 0 Å². The number of esters is 3. The molecule has 8 heteroatoms. The minimum Gasteiger partial charge on any atom is -0.462 e. The van der Waals surface area contributed by atoms with E-state index in [2.05, 4.69) is 20.1 Å². The van der Waals surface area contributed by atoms with Crippen molar-refractivity contribution in [2.75, 3.05) is 26.4 Å². The van der Waals surface area contributed by atoms with Gasteiger partial charge < -0.3 is 24.4 Å². The maximum Gasteiger partial charge on any atom is 0.335 e. The molecule has 0 aliphatic heterocycles. The summed E-state index contributed by atoms with van der Waals surface area (Å²) in [7, 11) is 0. The minimum atomic E-state index is -0.716. The fraction of sp³-hybridized carbons (Fsp3) is 0.552. The van der Waals surface area contributed by atoms with E-state index in [1.807, 2.05) is 24.3 Å². The molecule has 1 aromatic carbocycles. The fourth-order valence-corrected chi connectivity index (χ4v) is 4.35. The third-order valence-corrected chi connectivity index (χ3v) is 6.80. The Bertz CT molecular complexity index is 880. The highest BCUT2D eigenvalue weighted by Gasteiger charge is 2.33. The topological polar surface area (TPSA) is 119 Å². The van der Waals surface area contributed by atoms with E-state index in [1.54, 1.807) is 0 Å². The van der Waals surface area contributed by atoms with Crippen molar-refractivity contribution in [3.05, 3.63) is 54.1 Å². The first-order valence-electron chi connectivity index (χ1n) is 13.0. The molecule has 0 amide bonds. The largest absolute Gasteiger partial charge is 0.462 e. The highest BCUT2D eigenvalue weighted by Crippen LogP contribution is 2.35. The summed E-state index contributed by atoms with van der Waals surface area (Å²) in [5.74, 6) is -1.67. The molecule has 2 N–H and O–H groups in total. The van der Waals surface area contributed by atoms with E-state index in [1.165, 1.54) is 18.4 Å². The summed E-state index contributed by atoms with van der Waals surface area (Å²) in [4.78, 5) is 36.7. The lowest BCUT2D eigenvalue weighted by molar-refractivity contribution is -0.146. The summed E-state index contributed by atoms with van der Waals surface area (Å²) in [6.45, 7) is 8.01. The SMILES string of the molecule is C=C(CO)C(=O)OCC(COC(=O)C(=C)CO)C1CCC(C(=O)Oc2ccc(CCCCC)cc2)CC1. The summed E-state index contributed by atoms with van der Waals surface area (Å²) in [6.07, 6.45) is 7.06. The van der Waals surface area contributed by atoms with Crippen LogP contribution in [0.5, 0.6) is 5.75 Å². The van der Waals surface area contributed by atoms with Gasteiger partial charge >= 0.3 is 17.9 Å². The molecule has 1 aromatic rings. The third kappa shape index (κ3) is 10.1. The minimum absolute atomic E-state index is 0.0267. The molecule has 0 bridgehead atoms. The molecular formula is C29H40O8. The van der Waals surface area contributed by atoms with Gasteiger partial charge in [0.2, 0.25) is 0 Å². The average Bonchev–Trinajstić information content (AvgIpc) is 2.92. The summed E-state index contributed by atoms with van der Waals surface area (Å²) in [5, 5.41) is 18.2. The van der Waals surface area contributed by atoms with Gasteiger partial charge in [-0.25, -0.2) is 9.59 Å². The Morgan fingerprint density at radius 2 is 1.43 bits per heavy atom. The van der Waals surface area contributed by atoms with Crippen molar-refractivity contribution < 1.29 is 38.8 Å². The molecule has 1 saturated carbocycles. The Morgan fingerprint density at radius 1 is 0.892 bits per heavy atom. The monoisotopic (exact) mass is 516 g/mol. The first-order valence-corrected chi connectivity index (χ1v) is 13.0. The quantitative estimate of drug-likeness (QED) is 0.156. The zero-order valence-electron chi connectivity index (χ0n) is 21.8. The molecule has 0 spiro atoms. The van der Waals surface area contributed by atoms with Gasteiger partial charge in [-0.05, 0) is 62.1 Å². The second-order valence-corrected chi connectivity index (χ2v) is 9.61. The van der Waals surface area contributed by atoms with Gasteiger partial charge in [-0.2, -0.15) is 0 Å². The summed E-state index contributed by atoms with van der Waals surface area (Å²) >= 11 is 0. The molecule has 0 heterocycles. The van der Waals surface area contributed by atoms with Gasteiger partial charge in [0.15, 0.2) is 0 Å². The number of ether oxygens (including phenoxy) is 3. The van der Waals surface area contributed by atoms with Crippen molar-refractivity contribution in [3.63, 3.8) is 0 Å². The number of hydrogen-bond acceptors (Lipinski definition) is 8. The van der Waals surface area contributed by atoms with Gasteiger partial charge in [0.1, 0.15) is 5.75 Å². The second kappa shape index (κ2) is 16.0. The number of hydrogen-bond donors (Lipinski definition) is 2. The maximum atomic E-state index is 12.8. The molecule has 1 aliphatic carbocycles. The van der Waals surface area contributed by atoms with Crippen molar-refractivity contribution in [2.45, 2.75) is 58.3 Å². The Labute approximate surface area is 219 Å². The van der Waals surface area contributed by atoms with Crippen LogP contribution in [-0.2, 0) is 30.3 Å². The average molecular weight is 517 g/mol. The molecule has 1 aliphatic rings. The van der Waals surface area contributed by atoms with Gasteiger partial charge in [0.25, 0.3) is 0 Å². The van der Waals surface area contributed by atoms with Crippen LogP contribution in [0, 0.1) is 17.8 Å². The van der Waals surface area contributed by atoms with Gasteiger partial charge in [-0.3, -0.25) is 4.79 Å². The number of benzene rings is 1. The molecule has 204 valence electrons.